The first kappa shape index (κ1) is 14.8. The summed E-state index contributed by atoms with van der Waals surface area (Å²) in [5.74, 6) is -0.328. The van der Waals surface area contributed by atoms with Crippen LogP contribution in [-0.2, 0) is 9.53 Å². The Morgan fingerprint density at radius 1 is 1.42 bits per heavy atom. The van der Waals surface area contributed by atoms with E-state index in [0.29, 0.717) is 18.6 Å². The number of methoxy groups -OCH3 is 1. The van der Waals surface area contributed by atoms with Crippen LogP contribution in [-0.4, -0.2) is 66.7 Å². The number of nitrogens with two attached hydrogens (primary N) is 1. The molecule has 0 amide bonds. The molecule has 2 heterocycles. The van der Waals surface area contributed by atoms with Crippen molar-refractivity contribution in [2.24, 2.45) is 5.73 Å². The van der Waals surface area contributed by atoms with Crippen LogP contribution in [0.25, 0.3) is 0 Å². The van der Waals surface area contributed by atoms with Gasteiger partial charge in [-0.2, -0.15) is 0 Å². The van der Waals surface area contributed by atoms with Gasteiger partial charge in [0.15, 0.2) is 0 Å². The molecule has 2 saturated heterocycles. The third kappa shape index (κ3) is 3.27. The predicted octanol–water partition coefficient (Wildman–Crippen LogP) is 0.435. The van der Waals surface area contributed by atoms with E-state index in [2.05, 4.69) is 16.7 Å². The van der Waals surface area contributed by atoms with Crippen LogP contribution in [0.3, 0.4) is 0 Å². The fourth-order valence-electron chi connectivity index (χ4n) is 3.35. The molecule has 110 valence electrons. The number of esters is 1. The molecule has 2 N–H and O–H groups in total. The zero-order valence-corrected chi connectivity index (χ0v) is 12.4. The Balaban J connectivity index is 1.98. The van der Waals surface area contributed by atoms with Gasteiger partial charge in [-0.15, -0.1) is 0 Å². The molecule has 5 heteroatoms. The van der Waals surface area contributed by atoms with E-state index in [1.165, 1.54) is 32.9 Å². The highest BCUT2D eigenvalue weighted by Crippen LogP contribution is 2.24. The molecule has 19 heavy (non-hydrogen) atoms. The Labute approximate surface area is 116 Å². The van der Waals surface area contributed by atoms with Crippen molar-refractivity contribution in [2.45, 2.75) is 50.7 Å². The van der Waals surface area contributed by atoms with E-state index in [4.69, 9.17) is 10.5 Å². The van der Waals surface area contributed by atoms with Gasteiger partial charge in [0.2, 0.25) is 0 Å². The first-order valence-electron chi connectivity index (χ1n) is 7.29. The second-order valence-corrected chi connectivity index (χ2v) is 6.33. The average Bonchev–Trinajstić information content (AvgIpc) is 2.38. The Morgan fingerprint density at radius 2 is 2.16 bits per heavy atom. The molecule has 0 aliphatic carbocycles. The van der Waals surface area contributed by atoms with Gasteiger partial charge in [-0.25, -0.2) is 0 Å². The van der Waals surface area contributed by atoms with Crippen molar-refractivity contribution in [3.8, 4) is 0 Å². The summed E-state index contributed by atoms with van der Waals surface area (Å²) in [5.41, 5.74) is 5.19. The number of carbonyl (C=O) groups excluding carboxylic acids is 1. The summed E-state index contributed by atoms with van der Waals surface area (Å²) in [7, 11) is 1.40. The predicted molar refractivity (Wildman–Crippen MR) is 74.9 cm³/mol. The summed E-state index contributed by atoms with van der Waals surface area (Å²) in [5, 5.41) is 0. The number of fused-ring (bicyclic) bond motifs is 1. The lowest BCUT2D eigenvalue weighted by atomic mass is 9.95. The highest BCUT2D eigenvalue weighted by Gasteiger charge is 2.38. The van der Waals surface area contributed by atoms with Gasteiger partial charge < -0.3 is 10.5 Å². The van der Waals surface area contributed by atoms with Gasteiger partial charge >= 0.3 is 5.97 Å². The molecule has 0 radical (unpaired) electrons. The fraction of sp³-hybridized carbons (Fsp3) is 0.929. The fourth-order valence-corrected chi connectivity index (χ4v) is 3.35. The summed E-state index contributed by atoms with van der Waals surface area (Å²) < 4.78 is 4.80. The Morgan fingerprint density at radius 3 is 2.84 bits per heavy atom. The van der Waals surface area contributed by atoms with Gasteiger partial charge in [0.05, 0.1) is 7.11 Å². The maximum atomic E-state index is 11.7. The minimum absolute atomic E-state index is 0.328. The average molecular weight is 269 g/mol. The van der Waals surface area contributed by atoms with E-state index < -0.39 is 5.54 Å². The maximum absolute atomic E-state index is 11.7. The topological polar surface area (TPSA) is 58.8 Å². The van der Waals surface area contributed by atoms with Crippen LogP contribution in [0.4, 0.5) is 0 Å². The molecule has 0 aromatic heterocycles. The van der Waals surface area contributed by atoms with Crippen molar-refractivity contribution >= 4 is 5.97 Å². The minimum Gasteiger partial charge on any atom is -0.468 e. The first-order chi connectivity index (χ1) is 8.94. The zero-order valence-electron chi connectivity index (χ0n) is 12.4. The van der Waals surface area contributed by atoms with E-state index in [-0.39, 0.29) is 5.97 Å². The van der Waals surface area contributed by atoms with E-state index in [0.717, 1.165) is 13.1 Å². The van der Waals surface area contributed by atoms with Crippen molar-refractivity contribution in [3.05, 3.63) is 0 Å². The Bertz CT molecular complexity index is 333. The largest absolute Gasteiger partial charge is 0.468 e. The van der Waals surface area contributed by atoms with Crippen LogP contribution in [0.5, 0.6) is 0 Å². The number of nitrogens with zero attached hydrogens (tertiary/aromatic N) is 2. The number of hydrogen-bond donors (Lipinski definition) is 1. The van der Waals surface area contributed by atoms with Crippen LogP contribution in [0.2, 0.25) is 0 Å². The smallest absolute Gasteiger partial charge is 0.326 e. The van der Waals surface area contributed by atoms with Crippen molar-refractivity contribution in [2.75, 3.05) is 33.3 Å². The van der Waals surface area contributed by atoms with Gasteiger partial charge in [0.1, 0.15) is 5.54 Å². The standard InChI is InChI=1S/C14H27N3O2/c1-11-8-16-7-5-4-6-12(16)9-17(11)10-14(2,15)13(18)19-3/h11-12H,4-10,15H2,1-3H3. The number of ether oxygens (including phenoxy) is 1. The maximum Gasteiger partial charge on any atom is 0.326 e. The van der Waals surface area contributed by atoms with Gasteiger partial charge in [-0.05, 0) is 33.2 Å². The number of hydrogen-bond acceptors (Lipinski definition) is 5. The molecule has 5 nitrogen and oxygen atoms in total. The summed E-state index contributed by atoms with van der Waals surface area (Å²) in [6.07, 6.45) is 3.91. The zero-order chi connectivity index (χ0) is 14.0. The molecule has 0 spiro atoms. The van der Waals surface area contributed by atoms with E-state index in [1.54, 1.807) is 6.92 Å². The summed E-state index contributed by atoms with van der Waals surface area (Å²) >= 11 is 0. The summed E-state index contributed by atoms with van der Waals surface area (Å²) in [4.78, 5) is 16.7. The molecule has 2 aliphatic rings. The first-order valence-corrected chi connectivity index (χ1v) is 7.29. The third-order valence-corrected chi connectivity index (χ3v) is 4.50. The lowest BCUT2D eigenvalue weighted by molar-refractivity contribution is -0.147. The molecule has 0 saturated carbocycles. The van der Waals surface area contributed by atoms with Crippen LogP contribution in [0.15, 0.2) is 0 Å². The Kier molecular flexibility index (Phi) is 4.48. The summed E-state index contributed by atoms with van der Waals surface area (Å²) in [6.45, 7) is 7.88. The molecule has 0 aromatic carbocycles. The number of piperidine rings is 1. The van der Waals surface area contributed by atoms with Crippen LogP contribution in [0, 0.1) is 0 Å². The number of carbonyl (C=O) groups is 1. The molecule has 2 fully saturated rings. The minimum atomic E-state index is -0.917. The third-order valence-electron chi connectivity index (χ3n) is 4.50. The van der Waals surface area contributed by atoms with Gasteiger partial charge in [0, 0.05) is 31.7 Å². The molecule has 3 unspecified atom stereocenters. The van der Waals surface area contributed by atoms with Gasteiger partial charge in [-0.3, -0.25) is 14.6 Å². The van der Waals surface area contributed by atoms with E-state index in [9.17, 15) is 4.79 Å². The lowest BCUT2D eigenvalue weighted by Crippen LogP contribution is -2.63. The molecular formula is C14H27N3O2. The second-order valence-electron chi connectivity index (χ2n) is 6.33. The van der Waals surface area contributed by atoms with Crippen LogP contribution >= 0.6 is 0 Å². The van der Waals surface area contributed by atoms with E-state index >= 15 is 0 Å². The molecule has 3 atom stereocenters. The van der Waals surface area contributed by atoms with Gasteiger partial charge in [-0.1, -0.05) is 6.42 Å². The van der Waals surface area contributed by atoms with Gasteiger partial charge in [0.25, 0.3) is 0 Å². The van der Waals surface area contributed by atoms with Crippen molar-refractivity contribution in [1.29, 1.82) is 0 Å². The lowest BCUT2D eigenvalue weighted by Gasteiger charge is -2.48. The van der Waals surface area contributed by atoms with Crippen LogP contribution in [0.1, 0.15) is 33.1 Å². The highest BCUT2D eigenvalue weighted by molar-refractivity contribution is 5.80. The second kappa shape index (κ2) is 5.77. The molecule has 2 rings (SSSR count). The SMILES string of the molecule is COC(=O)C(C)(N)CN1CC2CCCCN2CC1C. The van der Waals surface area contributed by atoms with Crippen molar-refractivity contribution in [3.63, 3.8) is 0 Å². The van der Waals surface area contributed by atoms with Crippen molar-refractivity contribution < 1.29 is 9.53 Å². The summed E-state index contributed by atoms with van der Waals surface area (Å²) in [6, 6.07) is 1.08. The van der Waals surface area contributed by atoms with Crippen molar-refractivity contribution in [1.82, 2.24) is 9.80 Å². The van der Waals surface area contributed by atoms with E-state index in [1.807, 2.05) is 0 Å². The molecule has 0 bridgehead atoms. The molecule has 0 aromatic rings. The number of rotatable bonds is 3. The molecular weight excluding hydrogens is 242 g/mol. The monoisotopic (exact) mass is 269 g/mol. The quantitative estimate of drug-likeness (QED) is 0.753. The number of piperazine rings is 1. The Hall–Kier alpha value is -0.650. The highest BCUT2D eigenvalue weighted by atomic mass is 16.5. The molecule has 2 aliphatic heterocycles. The van der Waals surface area contributed by atoms with Crippen LogP contribution < -0.4 is 5.73 Å². The normalized spacial score (nSPS) is 32.4.